The summed E-state index contributed by atoms with van der Waals surface area (Å²) in [7, 11) is 0. The fraction of sp³-hybridized carbons (Fsp3) is 0.533. The van der Waals surface area contributed by atoms with Crippen molar-refractivity contribution in [3.05, 3.63) is 29.2 Å². The largest absolute Gasteiger partial charge is 0.337 e. The number of nitrogens with zero attached hydrogens (tertiary/aromatic N) is 4. The van der Waals surface area contributed by atoms with Gasteiger partial charge in [-0.25, -0.2) is 9.50 Å². The molecule has 0 aliphatic carbocycles. The van der Waals surface area contributed by atoms with E-state index in [1.807, 2.05) is 30.9 Å². The highest BCUT2D eigenvalue weighted by atomic mass is 16.2. The van der Waals surface area contributed by atoms with Crippen LogP contribution in [0.4, 0.5) is 0 Å². The van der Waals surface area contributed by atoms with Crippen LogP contribution in [-0.2, 0) is 0 Å². The number of fused-ring (bicyclic) bond motifs is 1. The van der Waals surface area contributed by atoms with Gasteiger partial charge in [-0.2, -0.15) is 5.10 Å². The molecule has 2 aromatic rings. The maximum Gasteiger partial charge on any atom is 0.272 e. The molecule has 1 aliphatic rings. The molecule has 0 N–H and O–H groups in total. The number of aryl methyl sites for hydroxylation is 2. The van der Waals surface area contributed by atoms with Crippen LogP contribution < -0.4 is 0 Å². The van der Waals surface area contributed by atoms with Crippen LogP contribution in [0.2, 0.25) is 0 Å². The summed E-state index contributed by atoms with van der Waals surface area (Å²) in [6, 6.07) is 3.74. The van der Waals surface area contributed by atoms with Crippen molar-refractivity contribution in [3.8, 4) is 0 Å². The van der Waals surface area contributed by atoms with Crippen molar-refractivity contribution in [3.63, 3.8) is 0 Å². The Morgan fingerprint density at radius 2 is 2.15 bits per heavy atom. The van der Waals surface area contributed by atoms with Crippen LogP contribution in [0, 0.1) is 19.8 Å². The first kappa shape index (κ1) is 13.1. The number of hydrogen-bond donors (Lipinski definition) is 0. The van der Waals surface area contributed by atoms with Gasteiger partial charge in [0.05, 0.1) is 5.69 Å². The predicted molar refractivity (Wildman–Crippen MR) is 76.8 cm³/mol. The van der Waals surface area contributed by atoms with Gasteiger partial charge >= 0.3 is 0 Å². The maximum atomic E-state index is 12.6. The monoisotopic (exact) mass is 272 g/mol. The van der Waals surface area contributed by atoms with E-state index in [1.54, 1.807) is 4.52 Å². The number of carbonyl (C=O) groups is 1. The van der Waals surface area contributed by atoms with Crippen molar-refractivity contribution in [2.75, 3.05) is 13.1 Å². The summed E-state index contributed by atoms with van der Waals surface area (Å²) in [5, 5.41) is 4.37. The average molecular weight is 272 g/mol. The van der Waals surface area contributed by atoms with Gasteiger partial charge in [0, 0.05) is 24.8 Å². The number of amides is 1. The highest BCUT2D eigenvalue weighted by Gasteiger charge is 2.23. The highest BCUT2D eigenvalue weighted by molar-refractivity contribution is 5.93. The summed E-state index contributed by atoms with van der Waals surface area (Å²) >= 11 is 0. The van der Waals surface area contributed by atoms with Gasteiger partial charge in [-0.15, -0.1) is 0 Å². The molecule has 0 bridgehead atoms. The quantitative estimate of drug-likeness (QED) is 0.800. The molecule has 1 amide bonds. The molecule has 0 saturated carbocycles. The van der Waals surface area contributed by atoms with Crippen LogP contribution in [0.1, 0.15) is 41.6 Å². The zero-order valence-electron chi connectivity index (χ0n) is 12.3. The van der Waals surface area contributed by atoms with Crippen LogP contribution in [-0.4, -0.2) is 38.5 Å². The second-order valence-corrected chi connectivity index (χ2v) is 5.84. The SMILES string of the molecule is Cc1cc2nc(C(=O)N3CCCC(C)C3)cc(C)n2n1. The van der Waals surface area contributed by atoms with Crippen molar-refractivity contribution in [1.82, 2.24) is 19.5 Å². The van der Waals surface area contributed by atoms with E-state index in [1.165, 1.54) is 6.42 Å². The van der Waals surface area contributed by atoms with E-state index < -0.39 is 0 Å². The fourth-order valence-electron chi connectivity index (χ4n) is 2.89. The van der Waals surface area contributed by atoms with Gasteiger partial charge in [0.2, 0.25) is 0 Å². The van der Waals surface area contributed by atoms with Crippen molar-refractivity contribution in [2.24, 2.45) is 5.92 Å². The Hall–Kier alpha value is -1.91. The molecule has 3 heterocycles. The molecule has 20 heavy (non-hydrogen) atoms. The van der Waals surface area contributed by atoms with Gasteiger partial charge < -0.3 is 4.90 Å². The van der Waals surface area contributed by atoms with Crippen molar-refractivity contribution in [1.29, 1.82) is 0 Å². The first-order chi connectivity index (χ1) is 9.54. The van der Waals surface area contributed by atoms with Gasteiger partial charge in [-0.1, -0.05) is 6.92 Å². The van der Waals surface area contributed by atoms with E-state index in [2.05, 4.69) is 17.0 Å². The lowest BCUT2D eigenvalue weighted by molar-refractivity contribution is 0.0677. The molecule has 1 fully saturated rings. The first-order valence-electron chi connectivity index (χ1n) is 7.18. The summed E-state index contributed by atoms with van der Waals surface area (Å²) in [5.41, 5.74) is 3.13. The summed E-state index contributed by atoms with van der Waals surface area (Å²) in [5.74, 6) is 0.621. The molecule has 1 unspecified atom stereocenters. The minimum Gasteiger partial charge on any atom is -0.337 e. The maximum absolute atomic E-state index is 12.6. The van der Waals surface area contributed by atoms with E-state index in [9.17, 15) is 4.79 Å². The van der Waals surface area contributed by atoms with Crippen LogP contribution in [0.3, 0.4) is 0 Å². The summed E-state index contributed by atoms with van der Waals surface area (Å²) in [6.45, 7) is 7.76. The summed E-state index contributed by atoms with van der Waals surface area (Å²) < 4.78 is 1.78. The molecule has 0 radical (unpaired) electrons. The Kier molecular flexibility index (Phi) is 3.20. The van der Waals surface area contributed by atoms with Crippen LogP contribution >= 0.6 is 0 Å². The molecule has 1 saturated heterocycles. The molecule has 106 valence electrons. The van der Waals surface area contributed by atoms with Crippen molar-refractivity contribution < 1.29 is 4.79 Å². The molecule has 0 spiro atoms. The Morgan fingerprint density at radius 3 is 2.90 bits per heavy atom. The number of carbonyl (C=O) groups excluding carboxylic acids is 1. The molecule has 5 heteroatoms. The number of rotatable bonds is 1. The third-order valence-corrected chi connectivity index (χ3v) is 3.89. The van der Waals surface area contributed by atoms with Gasteiger partial charge in [0.25, 0.3) is 5.91 Å². The lowest BCUT2D eigenvalue weighted by Gasteiger charge is -2.30. The molecule has 1 aliphatic heterocycles. The zero-order chi connectivity index (χ0) is 14.3. The molecular formula is C15H20N4O. The first-order valence-corrected chi connectivity index (χ1v) is 7.18. The summed E-state index contributed by atoms with van der Waals surface area (Å²) in [4.78, 5) is 19.0. The molecular weight excluding hydrogens is 252 g/mol. The van der Waals surface area contributed by atoms with E-state index in [4.69, 9.17) is 0 Å². The van der Waals surface area contributed by atoms with Crippen molar-refractivity contribution >= 4 is 11.6 Å². The van der Waals surface area contributed by atoms with Gasteiger partial charge in [-0.05, 0) is 38.7 Å². The van der Waals surface area contributed by atoms with Crippen LogP contribution in [0.15, 0.2) is 12.1 Å². The van der Waals surface area contributed by atoms with E-state index in [0.29, 0.717) is 11.6 Å². The topological polar surface area (TPSA) is 50.5 Å². The van der Waals surface area contributed by atoms with E-state index in [0.717, 1.165) is 36.5 Å². The van der Waals surface area contributed by atoms with Crippen molar-refractivity contribution in [2.45, 2.75) is 33.6 Å². The third-order valence-electron chi connectivity index (χ3n) is 3.89. The third kappa shape index (κ3) is 2.28. The summed E-state index contributed by atoms with van der Waals surface area (Å²) in [6.07, 6.45) is 2.29. The fourth-order valence-corrected chi connectivity index (χ4v) is 2.89. The normalized spacial score (nSPS) is 19.6. The second-order valence-electron chi connectivity index (χ2n) is 5.84. The minimum atomic E-state index is 0.0426. The van der Waals surface area contributed by atoms with E-state index >= 15 is 0 Å². The average Bonchev–Trinajstić information content (AvgIpc) is 2.79. The number of likely N-dealkylation sites (tertiary alicyclic amines) is 1. The zero-order valence-corrected chi connectivity index (χ0v) is 12.3. The number of piperidine rings is 1. The van der Waals surface area contributed by atoms with Gasteiger partial charge in [-0.3, -0.25) is 4.79 Å². The minimum absolute atomic E-state index is 0.0426. The Labute approximate surface area is 118 Å². The molecule has 3 rings (SSSR count). The Bertz CT molecular complexity index is 661. The number of hydrogen-bond acceptors (Lipinski definition) is 3. The lowest BCUT2D eigenvalue weighted by atomic mass is 10.00. The van der Waals surface area contributed by atoms with E-state index in [-0.39, 0.29) is 5.91 Å². The molecule has 0 aromatic carbocycles. The standard InChI is InChI=1S/C15H20N4O/c1-10-5-4-6-18(9-10)15(20)13-8-12(3)19-14(16-13)7-11(2)17-19/h7-8,10H,4-6,9H2,1-3H3. The van der Waals surface area contributed by atoms with Gasteiger partial charge in [0.15, 0.2) is 5.65 Å². The second kappa shape index (κ2) is 4.89. The van der Waals surface area contributed by atoms with Crippen LogP contribution in [0.5, 0.6) is 0 Å². The lowest BCUT2D eigenvalue weighted by Crippen LogP contribution is -2.39. The molecule has 2 aromatic heterocycles. The molecule has 1 atom stereocenters. The molecule has 5 nitrogen and oxygen atoms in total. The highest BCUT2D eigenvalue weighted by Crippen LogP contribution is 2.18. The predicted octanol–water partition coefficient (Wildman–Crippen LogP) is 2.22. The smallest absolute Gasteiger partial charge is 0.272 e. The van der Waals surface area contributed by atoms with Gasteiger partial charge in [0.1, 0.15) is 5.69 Å². The Morgan fingerprint density at radius 1 is 1.35 bits per heavy atom. The Balaban J connectivity index is 1.95. The number of aromatic nitrogens is 3. The van der Waals surface area contributed by atoms with Crippen LogP contribution in [0.25, 0.3) is 5.65 Å².